The Morgan fingerprint density at radius 3 is 2.85 bits per heavy atom. The molecular formula is C20H19N3O2S. The third-order valence-electron chi connectivity index (χ3n) is 4.25. The van der Waals surface area contributed by atoms with Crippen LogP contribution in [0.4, 0.5) is 0 Å². The van der Waals surface area contributed by atoms with Crippen LogP contribution in [0.3, 0.4) is 0 Å². The summed E-state index contributed by atoms with van der Waals surface area (Å²) in [6.45, 7) is 2.01. The molecular weight excluding hydrogens is 346 g/mol. The lowest BCUT2D eigenvalue weighted by Gasteiger charge is -2.08. The van der Waals surface area contributed by atoms with Gasteiger partial charge in [0, 0.05) is 29.6 Å². The third kappa shape index (κ3) is 3.50. The number of nitrogens with zero attached hydrogens (tertiary/aromatic N) is 1. The van der Waals surface area contributed by atoms with E-state index in [1.807, 2.05) is 25.1 Å². The first-order chi connectivity index (χ1) is 12.5. The molecule has 1 aliphatic carbocycles. The maximum Gasteiger partial charge on any atom is 0.240 e. The van der Waals surface area contributed by atoms with Crippen LogP contribution >= 0.6 is 0 Å². The quantitative estimate of drug-likeness (QED) is 0.696. The Morgan fingerprint density at radius 2 is 2.08 bits per heavy atom. The molecule has 1 aliphatic rings. The van der Waals surface area contributed by atoms with Crippen molar-refractivity contribution in [3.63, 3.8) is 0 Å². The number of rotatable bonds is 4. The maximum absolute atomic E-state index is 12.4. The molecule has 1 saturated carbocycles. The average Bonchev–Trinajstić information content (AvgIpc) is 3.34. The second kappa shape index (κ2) is 6.60. The van der Waals surface area contributed by atoms with Crippen molar-refractivity contribution < 1.29 is 8.42 Å². The van der Waals surface area contributed by atoms with E-state index in [0.717, 1.165) is 47.1 Å². The molecule has 0 saturated heterocycles. The fraction of sp³-hybridized carbons (Fsp3) is 0.250. The van der Waals surface area contributed by atoms with Crippen molar-refractivity contribution in [2.24, 2.45) is 0 Å². The average molecular weight is 365 g/mol. The summed E-state index contributed by atoms with van der Waals surface area (Å²) in [6, 6.07) is 11.0. The van der Waals surface area contributed by atoms with Gasteiger partial charge < -0.3 is 4.98 Å². The van der Waals surface area contributed by atoms with Crippen molar-refractivity contribution in [3.8, 4) is 23.0 Å². The molecule has 0 aliphatic heterocycles. The van der Waals surface area contributed by atoms with Gasteiger partial charge in [0.2, 0.25) is 10.0 Å². The number of H-pyrrole nitrogens is 1. The highest BCUT2D eigenvalue weighted by Gasteiger charge is 2.28. The van der Waals surface area contributed by atoms with Crippen molar-refractivity contribution in [1.29, 1.82) is 0 Å². The molecule has 0 bridgehead atoms. The van der Waals surface area contributed by atoms with Gasteiger partial charge in [0.05, 0.1) is 10.6 Å². The molecule has 2 aromatic heterocycles. The molecule has 3 aromatic rings. The SMILES string of the molecule is CCC#Cc1cc2cc(-c3cccc(S(=O)(=O)NC4CC4)c3)cnc2[nH]1. The summed E-state index contributed by atoms with van der Waals surface area (Å²) in [6.07, 6.45) is 4.37. The molecule has 4 rings (SSSR count). The minimum atomic E-state index is -3.47. The van der Waals surface area contributed by atoms with Crippen molar-refractivity contribution >= 4 is 21.1 Å². The zero-order valence-corrected chi connectivity index (χ0v) is 15.2. The number of hydrogen-bond acceptors (Lipinski definition) is 3. The topological polar surface area (TPSA) is 74.8 Å². The molecule has 0 radical (unpaired) electrons. The Bertz CT molecular complexity index is 1130. The molecule has 0 amide bonds. The highest BCUT2D eigenvalue weighted by molar-refractivity contribution is 7.89. The van der Waals surface area contributed by atoms with Gasteiger partial charge >= 0.3 is 0 Å². The summed E-state index contributed by atoms with van der Waals surface area (Å²) in [7, 11) is -3.47. The number of aromatic nitrogens is 2. The molecule has 1 fully saturated rings. The zero-order chi connectivity index (χ0) is 18.1. The Labute approximate surface area is 152 Å². The van der Waals surface area contributed by atoms with Crippen LogP contribution in [0.1, 0.15) is 31.9 Å². The lowest BCUT2D eigenvalue weighted by Crippen LogP contribution is -2.25. The van der Waals surface area contributed by atoms with Crippen LogP contribution in [-0.2, 0) is 10.0 Å². The van der Waals surface area contributed by atoms with E-state index in [4.69, 9.17) is 0 Å². The molecule has 2 heterocycles. The van der Waals surface area contributed by atoms with E-state index in [9.17, 15) is 8.42 Å². The van der Waals surface area contributed by atoms with Gasteiger partial charge in [0.25, 0.3) is 0 Å². The van der Waals surface area contributed by atoms with E-state index in [1.54, 1.807) is 24.4 Å². The molecule has 132 valence electrons. The van der Waals surface area contributed by atoms with Crippen molar-refractivity contribution in [1.82, 2.24) is 14.7 Å². The molecule has 5 nitrogen and oxygen atoms in total. The van der Waals surface area contributed by atoms with Gasteiger partial charge in [-0.1, -0.05) is 25.0 Å². The van der Waals surface area contributed by atoms with Crippen LogP contribution in [-0.4, -0.2) is 24.4 Å². The fourth-order valence-corrected chi connectivity index (χ4v) is 4.11. The van der Waals surface area contributed by atoms with Gasteiger partial charge in [-0.2, -0.15) is 0 Å². The van der Waals surface area contributed by atoms with E-state index in [0.29, 0.717) is 0 Å². The number of sulfonamides is 1. The van der Waals surface area contributed by atoms with Gasteiger partial charge in [0.15, 0.2) is 0 Å². The largest absolute Gasteiger partial charge is 0.333 e. The van der Waals surface area contributed by atoms with Crippen LogP contribution in [0.15, 0.2) is 47.5 Å². The number of nitrogens with one attached hydrogen (secondary N) is 2. The Kier molecular flexibility index (Phi) is 4.27. The minimum Gasteiger partial charge on any atom is -0.333 e. The van der Waals surface area contributed by atoms with Crippen molar-refractivity contribution in [2.75, 3.05) is 0 Å². The van der Waals surface area contributed by atoms with E-state index in [1.165, 1.54) is 0 Å². The Balaban J connectivity index is 1.69. The smallest absolute Gasteiger partial charge is 0.240 e. The van der Waals surface area contributed by atoms with Gasteiger partial charge in [-0.05, 0) is 48.6 Å². The molecule has 2 N–H and O–H groups in total. The third-order valence-corrected chi connectivity index (χ3v) is 5.76. The number of hydrogen-bond donors (Lipinski definition) is 2. The summed E-state index contributed by atoms with van der Waals surface area (Å²) in [5.41, 5.74) is 3.29. The highest BCUT2D eigenvalue weighted by Crippen LogP contribution is 2.27. The number of aromatic amines is 1. The minimum absolute atomic E-state index is 0.0872. The van der Waals surface area contributed by atoms with Crippen LogP contribution in [0.5, 0.6) is 0 Å². The van der Waals surface area contributed by atoms with Gasteiger partial charge in [-0.3, -0.25) is 0 Å². The van der Waals surface area contributed by atoms with Gasteiger partial charge in [-0.25, -0.2) is 18.1 Å². The molecule has 6 heteroatoms. The van der Waals surface area contributed by atoms with E-state index in [-0.39, 0.29) is 10.9 Å². The van der Waals surface area contributed by atoms with Crippen molar-refractivity contribution in [2.45, 2.75) is 37.1 Å². The van der Waals surface area contributed by atoms with Crippen molar-refractivity contribution in [3.05, 3.63) is 48.3 Å². The number of benzene rings is 1. The predicted molar refractivity (Wildman–Crippen MR) is 102 cm³/mol. The van der Waals surface area contributed by atoms with Gasteiger partial charge in [0.1, 0.15) is 5.65 Å². The second-order valence-corrected chi connectivity index (χ2v) is 8.14. The van der Waals surface area contributed by atoms with E-state index >= 15 is 0 Å². The Hall–Kier alpha value is -2.62. The normalized spacial score (nSPS) is 14.2. The van der Waals surface area contributed by atoms with Crippen LogP contribution in [0.2, 0.25) is 0 Å². The van der Waals surface area contributed by atoms with E-state index < -0.39 is 10.0 Å². The number of fused-ring (bicyclic) bond motifs is 1. The first-order valence-corrected chi connectivity index (χ1v) is 10.1. The summed E-state index contributed by atoms with van der Waals surface area (Å²) >= 11 is 0. The van der Waals surface area contributed by atoms with E-state index in [2.05, 4.69) is 26.5 Å². The van der Waals surface area contributed by atoms with Crippen LogP contribution < -0.4 is 4.72 Å². The Morgan fingerprint density at radius 1 is 1.23 bits per heavy atom. The summed E-state index contributed by atoms with van der Waals surface area (Å²) in [5, 5.41) is 0.951. The molecule has 26 heavy (non-hydrogen) atoms. The zero-order valence-electron chi connectivity index (χ0n) is 14.4. The van der Waals surface area contributed by atoms with Gasteiger partial charge in [-0.15, -0.1) is 0 Å². The maximum atomic E-state index is 12.4. The molecule has 0 unspecified atom stereocenters. The highest BCUT2D eigenvalue weighted by atomic mass is 32.2. The first-order valence-electron chi connectivity index (χ1n) is 8.65. The molecule has 0 spiro atoms. The number of pyridine rings is 1. The molecule has 1 aromatic carbocycles. The molecule has 0 atom stereocenters. The second-order valence-electron chi connectivity index (χ2n) is 6.42. The fourth-order valence-electron chi connectivity index (χ4n) is 2.76. The summed E-state index contributed by atoms with van der Waals surface area (Å²) in [5.74, 6) is 6.10. The standard InChI is InChI=1S/C20H19N3O2S/c1-2-3-6-18-11-15-10-16(13-21-20(15)22-18)14-5-4-7-19(12-14)26(24,25)23-17-8-9-17/h4-5,7,10-13,17,23H,2,8-9H2,1H3,(H,21,22). The monoisotopic (exact) mass is 365 g/mol. The summed E-state index contributed by atoms with van der Waals surface area (Å²) in [4.78, 5) is 7.91. The lowest BCUT2D eigenvalue weighted by molar-refractivity contribution is 0.581. The van der Waals surface area contributed by atoms with Crippen LogP contribution in [0.25, 0.3) is 22.2 Å². The lowest BCUT2D eigenvalue weighted by atomic mass is 10.1. The predicted octanol–water partition coefficient (Wildman–Crippen LogP) is 3.43. The summed E-state index contributed by atoms with van der Waals surface area (Å²) < 4.78 is 27.6. The first kappa shape index (κ1) is 16.8. The van der Waals surface area contributed by atoms with Crippen LogP contribution in [0, 0.1) is 11.8 Å².